The summed E-state index contributed by atoms with van der Waals surface area (Å²) in [5.74, 6) is 2.03. The standard InChI is InChI=1S/C21H26N2O5/c1-15(24)22(14-18-5-4-10-28-18)9-7-21(25)23-8-6-16-11-19(26-2)20(27-3)12-17(16)13-23/h4-5,10-12H,6-9,13-14H2,1-3H3. The zero-order chi connectivity index (χ0) is 20.1. The van der Waals surface area contributed by atoms with Crippen LogP contribution in [0.4, 0.5) is 0 Å². The molecule has 0 radical (unpaired) electrons. The van der Waals surface area contributed by atoms with E-state index < -0.39 is 0 Å². The molecule has 1 aliphatic heterocycles. The van der Waals surface area contributed by atoms with Crippen molar-refractivity contribution in [3.05, 3.63) is 47.4 Å². The number of hydrogen-bond donors (Lipinski definition) is 0. The van der Waals surface area contributed by atoms with Gasteiger partial charge in [0.2, 0.25) is 11.8 Å². The van der Waals surface area contributed by atoms with E-state index in [-0.39, 0.29) is 18.2 Å². The molecule has 0 saturated heterocycles. The predicted molar refractivity (Wildman–Crippen MR) is 103 cm³/mol. The molecule has 3 rings (SSSR count). The van der Waals surface area contributed by atoms with Gasteiger partial charge in [0.15, 0.2) is 11.5 Å². The second-order valence-electron chi connectivity index (χ2n) is 6.81. The van der Waals surface area contributed by atoms with Crippen molar-refractivity contribution in [3.63, 3.8) is 0 Å². The molecule has 7 heteroatoms. The van der Waals surface area contributed by atoms with E-state index in [0.717, 1.165) is 12.0 Å². The van der Waals surface area contributed by atoms with Gasteiger partial charge in [0.25, 0.3) is 0 Å². The molecule has 2 heterocycles. The van der Waals surface area contributed by atoms with Crippen LogP contribution < -0.4 is 9.47 Å². The van der Waals surface area contributed by atoms with Crippen molar-refractivity contribution in [3.8, 4) is 11.5 Å². The molecular weight excluding hydrogens is 360 g/mol. The largest absolute Gasteiger partial charge is 0.493 e. The van der Waals surface area contributed by atoms with Crippen LogP contribution in [0.25, 0.3) is 0 Å². The fourth-order valence-corrected chi connectivity index (χ4v) is 3.42. The van der Waals surface area contributed by atoms with Gasteiger partial charge < -0.3 is 23.7 Å². The van der Waals surface area contributed by atoms with Crippen molar-refractivity contribution in [2.45, 2.75) is 32.9 Å². The first-order valence-corrected chi connectivity index (χ1v) is 9.31. The normalized spacial score (nSPS) is 13.0. The van der Waals surface area contributed by atoms with Crippen LogP contribution in [0, 0.1) is 0 Å². The van der Waals surface area contributed by atoms with Crippen LogP contribution >= 0.6 is 0 Å². The van der Waals surface area contributed by atoms with Crippen molar-refractivity contribution in [2.24, 2.45) is 0 Å². The molecule has 0 bridgehead atoms. The summed E-state index contributed by atoms with van der Waals surface area (Å²) >= 11 is 0. The molecule has 7 nitrogen and oxygen atoms in total. The van der Waals surface area contributed by atoms with Crippen LogP contribution in [0.5, 0.6) is 11.5 Å². The smallest absolute Gasteiger partial charge is 0.224 e. The number of ether oxygens (including phenoxy) is 2. The van der Waals surface area contributed by atoms with Crippen LogP contribution in [0.3, 0.4) is 0 Å². The molecule has 0 unspecified atom stereocenters. The fraction of sp³-hybridized carbons (Fsp3) is 0.429. The second-order valence-corrected chi connectivity index (χ2v) is 6.81. The Morgan fingerprint density at radius 3 is 2.50 bits per heavy atom. The van der Waals surface area contributed by atoms with E-state index in [1.54, 1.807) is 31.4 Å². The van der Waals surface area contributed by atoms with Crippen LogP contribution in [0.15, 0.2) is 34.9 Å². The number of amides is 2. The molecular formula is C21H26N2O5. The maximum Gasteiger partial charge on any atom is 0.224 e. The quantitative estimate of drug-likeness (QED) is 0.731. The fourth-order valence-electron chi connectivity index (χ4n) is 3.42. The van der Waals surface area contributed by atoms with Crippen molar-refractivity contribution < 1.29 is 23.5 Å². The Morgan fingerprint density at radius 2 is 1.89 bits per heavy atom. The van der Waals surface area contributed by atoms with Gasteiger partial charge in [0.05, 0.1) is 27.0 Å². The maximum absolute atomic E-state index is 12.7. The minimum atomic E-state index is -0.0787. The summed E-state index contributed by atoms with van der Waals surface area (Å²) in [5, 5.41) is 0. The lowest BCUT2D eigenvalue weighted by molar-refractivity contribution is -0.134. The number of furan rings is 1. The Hall–Kier alpha value is -2.96. The number of hydrogen-bond acceptors (Lipinski definition) is 5. The molecule has 0 spiro atoms. The molecule has 0 N–H and O–H groups in total. The lowest BCUT2D eigenvalue weighted by Crippen LogP contribution is -2.38. The Labute approximate surface area is 164 Å². The zero-order valence-corrected chi connectivity index (χ0v) is 16.6. The van der Waals surface area contributed by atoms with Gasteiger partial charge in [-0.15, -0.1) is 0 Å². The number of fused-ring (bicyclic) bond motifs is 1. The van der Waals surface area contributed by atoms with E-state index in [4.69, 9.17) is 13.9 Å². The minimum Gasteiger partial charge on any atom is -0.493 e. The van der Waals surface area contributed by atoms with Crippen molar-refractivity contribution in [1.82, 2.24) is 9.80 Å². The van der Waals surface area contributed by atoms with Crippen LogP contribution in [-0.4, -0.2) is 48.9 Å². The van der Waals surface area contributed by atoms with Crippen LogP contribution in [-0.2, 0) is 29.1 Å². The van der Waals surface area contributed by atoms with Gasteiger partial charge in [-0.2, -0.15) is 0 Å². The summed E-state index contributed by atoms with van der Waals surface area (Å²) in [5.41, 5.74) is 2.24. The number of nitrogens with zero attached hydrogens (tertiary/aromatic N) is 2. The van der Waals surface area contributed by atoms with E-state index in [0.29, 0.717) is 43.4 Å². The average molecular weight is 386 g/mol. The Balaban J connectivity index is 1.61. The van der Waals surface area contributed by atoms with Crippen LogP contribution in [0.2, 0.25) is 0 Å². The van der Waals surface area contributed by atoms with Gasteiger partial charge in [0.1, 0.15) is 5.76 Å². The van der Waals surface area contributed by atoms with Gasteiger partial charge in [0, 0.05) is 33.0 Å². The SMILES string of the molecule is COc1cc2c(cc1OC)CN(C(=O)CCN(Cc1ccco1)C(C)=O)CC2. The minimum absolute atomic E-state index is 0.0335. The van der Waals surface area contributed by atoms with Crippen molar-refractivity contribution in [1.29, 1.82) is 0 Å². The zero-order valence-electron chi connectivity index (χ0n) is 16.6. The van der Waals surface area contributed by atoms with Gasteiger partial charge in [-0.1, -0.05) is 0 Å². The summed E-state index contributed by atoms with van der Waals surface area (Å²) in [6.45, 7) is 3.43. The maximum atomic E-state index is 12.7. The van der Waals surface area contributed by atoms with E-state index >= 15 is 0 Å². The molecule has 0 aliphatic carbocycles. The molecule has 1 aromatic heterocycles. The molecule has 28 heavy (non-hydrogen) atoms. The topological polar surface area (TPSA) is 72.2 Å². The third-order valence-electron chi connectivity index (χ3n) is 5.04. The summed E-state index contributed by atoms with van der Waals surface area (Å²) in [6, 6.07) is 7.53. The first-order chi connectivity index (χ1) is 13.5. The van der Waals surface area contributed by atoms with Gasteiger partial charge in [-0.25, -0.2) is 0 Å². The molecule has 1 aromatic carbocycles. The summed E-state index contributed by atoms with van der Waals surface area (Å²) in [7, 11) is 3.22. The molecule has 0 saturated carbocycles. The number of methoxy groups -OCH3 is 2. The lowest BCUT2D eigenvalue weighted by Gasteiger charge is -2.30. The van der Waals surface area contributed by atoms with Gasteiger partial charge in [-0.05, 0) is 41.8 Å². The lowest BCUT2D eigenvalue weighted by atomic mass is 9.98. The highest BCUT2D eigenvalue weighted by molar-refractivity contribution is 5.78. The van der Waals surface area contributed by atoms with E-state index in [1.807, 2.05) is 23.1 Å². The first-order valence-electron chi connectivity index (χ1n) is 9.31. The highest BCUT2D eigenvalue weighted by atomic mass is 16.5. The monoisotopic (exact) mass is 386 g/mol. The molecule has 2 aromatic rings. The highest BCUT2D eigenvalue weighted by Gasteiger charge is 2.23. The molecule has 1 aliphatic rings. The molecule has 0 fully saturated rings. The molecule has 150 valence electrons. The number of rotatable bonds is 7. The number of carbonyl (C=O) groups is 2. The highest BCUT2D eigenvalue weighted by Crippen LogP contribution is 2.33. The summed E-state index contributed by atoms with van der Waals surface area (Å²) in [4.78, 5) is 28.1. The Bertz CT molecular complexity index is 832. The van der Waals surface area contributed by atoms with Crippen LogP contribution in [0.1, 0.15) is 30.2 Å². The number of carbonyl (C=O) groups excluding carboxylic acids is 2. The Kier molecular flexibility index (Phi) is 6.23. The average Bonchev–Trinajstić information content (AvgIpc) is 3.22. The summed E-state index contributed by atoms with van der Waals surface area (Å²) in [6.07, 6.45) is 2.63. The third kappa shape index (κ3) is 4.47. The first kappa shape index (κ1) is 19.8. The van der Waals surface area contributed by atoms with Crippen molar-refractivity contribution in [2.75, 3.05) is 27.3 Å². The predicted octanol–water partition coefficient (Wildman–Crippen LogP) is 2.62. The van der Waals surface area contributed by atoms with Crippen molar-refractivity contribution >= 4 is 11.8 Å². The van der Waals surface area contributed by atoms with Gasteiger partial charge >= 0.3 is 0 Å². The third-order valence-corrected chi connectivity index (χ3v) is 5.04. The summed E-state index contributed by atoms with van der Waals surface area (Å²) < 4.78 is 16.0. The van der Waals surface area contributed by atoms with Gasteiger partial charge in [-0.3, -0.25) is 9.59 Å². The molecule has 2 amide bonds. The Morgan fingerprint density at radius 1 is 1.18 bits per heavy atom. The van der Waals surface area contributed by atoms with E-state index in [1.165, 1.54) is 12.5 Å². The van der Waals surface area contributed by atoms with E-state index in [2.05, 4.69) is 0 Å². The molecule has 0 atom stereocenters. The number of benzene rings is 1. The van der Waals surface area contributed by atoms with E-state index in [9.17, 15) is 9.59 Å². The second kappa shape index (κ2) is 8.82.